The van der Waals surface area contributed by atoms with Crippen LogP contribution in [0.25, 0.3) is 0 Å². The molecule has 2 nitrogen and oxygen atoms in total. The quantitative estimate of drug-likeness (QED) is 0.710. The molecule has 1 fully saturated rings. The Morgan fingerprint density at radius 2 is 1.94 bits per heavy atom. The fraction of sp³-hybridized carbons (Fsp3) is 0.500. The number of ether oxygens (including phenoxy) is 1. The molecule has 92 valence electrons. The molecule has 0 bridgehead atoms. The molecule has 1 saturated heterocycles. The van der Waals surface area contributed by atoms with Crippen LogP contribution in [-0.2, 0) is 4.74 Å². The maximum absolute atomic E-state index is 5.72. The summed E-state index contributed by atoms with van der Waals surface area (Å²) in [6.07, 6.45) is 0.503. The van der Waals surface area contributed by atoms with E-state index in [-0.39, 0.29) is 12.2 Å². The molecule has 1 aliphatic heterocycles. The van der Waals surface area contributed by atoms with Crippen molar-refractivity contribution in [2.24, 2.45) is 0 Å². The van der Waals surface area contributed by atoms with Crippen molar-refractivity contribution in [3.8, 4) is 0 Å². The van der Waals surface area contributed by atoms with Gasteiger partial charge in [0.25, 0.3) is 0 Å². The van der Waals surface area contributed by atoms with Gasteiger partial charge >= 0.3 is 0 Å². The second-order valence-corrected chi connectivity index (χ2v) is 5.22. The molecule has 0 unspecified atom stereocenters. The lowest BCUT2D eigenvalue weighted by atomic mass is 10.1. The molecule has 0 amide bonds. The van der Waals surface area contributed by atoms with Gasteiger partial charge in [0.05, 0.1) is 12.2 Å². The van der Waals surface area contributed by atoms with E-state index < -0.39 is 0 Å². The average molecular weight is 249 g/mol. The van der Waals surface area contributed by atoms with Crippen molar-refractivity contribution in [2.45, 2.75) is 33.0 Å². The Morgan fingerprint density at radius 1 is 1.29 bits per heavy atom. The van der Waals surface area contributed by atoms with Crippen LogP contribution in [0.1, 0.15) is 25.0 Å². The maximum Gasteiger partial charge on any atom is 0.109 e. The Hall–Kier alpha value is -0.930. The SMILES string of the molecule is Cc1cccc(C(=S)N2C[C@H](C)O[C@@H](C)C2)c1. The summed E-state index contributed by atoms with van der Waals surface area (Å²) in [5.74, 6) is 0. The molecule has 0 N–H and O–H groups in total. The molecule has 0 spiro atoms. The Morgan fingerprint density at radius 3 is 2.53 bits per heavy atom. The highest BCUT2D eigenvalue weighted by Gasteiger charge is 2.24. The van der Waals surface area contributed by atoms with E-state index in [0.717, 1.165) is 23.6 Å². The molecule has 1 aromatic rings. The summed E-state index contributed by atoms with van der Waals surface area (Å²) in [6.45, 7) is 8.06. The van der Waals surface area contributed by atoms with Crippen molar-refractivity contribution in [3.05, 3.63) is 35.4 Å². The lowest BCUT2D eigenvalue weighted by molar-refractivity contribution is -0.0472. The summed E-state index contributed by atoms with van der Waals surface area (Å²) >= 11 is 5.58. The van der Waals surface area contributed by atoms with Crippen LogP contribution in [-0.4, -0.2) is 35.2 Å². The van der Waals surface area contributed by atoms with Crippen LogP contribution in [0.3, 0.4) is 0 Å². The van der Waals surface area contributed by atoms with Gasteiger partial charge in [0, 0.05) is 18.7 Å². The molecule has 2 rings (SSSR count). The molecular weight excluding hydrogens is 230 g/mol. The summed E-state index contributed by atoms with van der Waals surface area (Å²) in [5.41, 5.74) is 2.39. The van der Waals surface area contributed by atoms with Crippen molar-refractivity contribution < 1.29 is 4.74 Å². The van der Waals surface area contributed by atoms with Gasteiger partial charge in [-0.05, 0) is 26.8 Å². The summed E-state index contributed by atoms with van der Waals surface area (Å²) in [7, 11) is 0. The van der Waals surface area contributed by atoms with Gasteiger partial charge in [0.15, 0.2) is 0 Å². The number of hydrogen-bond donors (Lipinski definition) is 0. The zero-order chi connectivity index (χ0) is 12.4. The minimum Gasteiger partial charge on any atom is -0.372 e. The maximum atomic E-state index is 5.72. The van der Waals surface area contributed by atoms with Gasteiger partial charge < -0.3 is 9.64 Å². The molecule has 0 aromatic heterocycles. The first-order valence-corrected chi connectivity index (χ1v) is 6.48. The number of thiocarbonyl (C=S) groups is 1. The first-order chi connectivity index (χ1) is 8.06. The molecule has 1 heterocycles. The van der Waals surface area contributed by atoms with Crippen LogP contribution in [0.5, 0.6) is 0 Å². The smallest absolute Gasteiger partial charge is 0.109 e. The molecule has 1 aliphatic rings. The van der Waals surface area contributed by atoms with Gasteiger partial charge in [-0.1, -0.05) is 36.0 Å². The number of hydrogen-bond acceptors (Lipinski definition) is 2. The molecule has 3 heteroatoms. The van der Waals surface area contributed by atoms with Crippen LogP contribution >= 0.6 is 12.2 Å². The van der Waals surface area contributed by atoms with Gasteiger partial charge in [0.2, 0.25) is 0 Å². The largest absolute Gasteiger partial charge is 0.372 e. The lowest BCUT2D eigenvalue weighted by Crippen LogP contribution is -2.47. The second kappa shape index (κ2) is 5.15. The van der Waals surface area contributed by atoms with E-state index >= 15 is 0 Å². The van der Waals surface area contributed by atoms with E-state index in [2.05, 4.69) is 49.9 Å². The Bertz CT molecular complexity index is 408. The summed E-state index contributed by atoms with van der Waals surface area (Å²) in [5, 5.41) is 0. The van der Waals surface area contributed by atoms with Crippen molar-refractivity contribution in [2.75, 3.05) is 13.1 Å². The molecule has 1 aromatic carbocycles. The normalized spacial score (nSPS) is 24.8. The second-order valence-electron chi connectivity index (χ2n) is 4.84. The van der Waals surface area contributed by atoms with E-state index in [9.17, 15) is 0 Å². The zero-order valence-corrected chi connectivity index (χ0v) is 11.5. The molecule has 0 aliphatic carbocycles. The zero-order valence-electron chi connectivity index (χ0n) is 10.6. The highest BCUT2D eigenvalue weighted by atomic mass is 32.1. The average Bonchev–Trinajstić information content (AvgIpc) is 2.26. The van der Waals surface area contributed by atoms with Crippen molar-refractivity contribution in [3.63, 3.8) is 0 Å². The number of morpholine rings is 1. The predicted octanol–water partition coefficient (Wildman–Crippen LogP) is 2.78. The van der Waals surface area contributed by atoms with Crippen LogP contribution in [0.4, 0.5) is 0 Å². The fourth-order valence-electron chi connectivity index (χ4n) is 2.30. The van der Waals surface area contributed by atoms with Crippen LogP contribution < -0.4 is 0 Å². The first kappa shape index (κ1) is 12.5. The third kappa shape index (κ3) is 3.05. The van der Waals surface area contributed by atoms with Gasteiger partial charge in [-0.3, -0.25) is 0 Å². The Labute approximate surface area is 109 Å². The van der Waals surface area contributed by atoms with Gasteiger partial charge in [0.1, 0.15) is 4.99 Å². The molecule has 17 heavy (non-hydrogen) atoms. The summed E-state index contributed by atoms with van der Waals surface area (Å²) in [4.78, 5) is 3.19. The van der Waals surface area contributed by atoms with Gasteiger partial charge in [-0.25, -0.2) is 0 Å². The van der Waals surface area contributed by atoms with E-state index in [0.29, 0.717) is 0 Å². The summed E-state index contributed by atoms with van der Waals surface area (Å²) < 4.78 is 5.72. The number of benzene rings is 1. The van der Waals surface area contributed by atoms with Crippen LogP contribution in [0.2, 0.25) is 0 Å². The van der Waals surface area contributed by atoms with Crippen LogP contribution in [0, 0.1) is 6.92 Å². The molecule has 0 saturated carbocycles. The van der Waals surface area contributed by atoms with Crippen molar-refractivity contribution in [1.29, 1.82) is 0 Å². The van der Waals surface area contributed by atoms with Gasteiger partial charge in [-0.15, -0.1) is 0 Å². The third-order valence-corrected chi connectivity index (χ3v) is 3.47. The minimum absolute atomic E-state index is 0.251. The number of nitrogens with zero attached hydrogens (tertiary/aromatic N) is 1. The van der Waals surface area contributed by atoms with E-state index in [1.165, 1.54) is 5.56 Å². The predicted molar refractivity (Wildman–Crippen MR) is 74.5 cm³/mol. The Kier molecular flexibility index (Phi) is 3.79. The van der Waals surface area contributed by atoms with Crippen molar-refractivity contribution >= 4 is 17.2 Å². The fourth-order valence-corrected chi connectivity index (χ4v) is 2.58. The highest BCUT2D eigenvalue weighted by Crippen LogP contribution is 2.15. The minimum atomic E-state index is 0.251. The summed E-state index contributed by atoms with van der Waals surface area (Å²) in [6, 6.07) is 8.38. The lowest BCUT2D eigenvalue weighted by Gasteiger charge is -2.37. The van der Waals surface area contributed by atoms with E-state index in [1.807, 2.05) is 0 Å². The topological polar surface area (TPSA) is 12.5 Å². The molecular formula is C14H19NOS. The molecule has 2 atom stereocenters. The third-order valence-electron chi connectivity index (χ3n) is 2.97. The van der Waals surface area contributed by atoms with Crippen LogP contribution in [0.15, 0.2) is 24.3 Å². The highest BCUT2D eigenvalue weighted by molar-refractivity contribution is 7.80. The first-order valence-electron chi connectivity index (χ1n) is 6.07. The Balaban J connectivity index is 2.14. The number of aryl methyl sites for hydroxylation is 1. The molecule has 0 radical (unpaired) electrons. The van der Waals surface area contributed by atoms with Gasteiger partial charge in [-0.2, -0.15) is 0 Å². The monoisotopic (exact) mass is 249 g/mol. The number of rotatable bonds is 1. The van der Waals surface area contributed by atoms with E-state index in [1.54, 1.807) is 0 Å². The van der Waals surface area contributed by atoms with E-state index in [4.69, 9.17) is 17.0 Å². The standard InChI is InChI=1S/C14H19NOS/c1-10-5-4-6-13(7-10)14(17)15-8-11(2)16-12(3)9-15/h4-7,11-12H,8-9H2,1-3H3/t11-,12-/m0/s1. The van der Waals surface area contributed by atoms with Crippen molar-refractivity contribution in [1.82, 2.24) is 4.90 Å².